The van der Waals surface area contributed by atoms with Gasteiger partial charge in [-0.25, -0.2) is 9.59 Å². The van der Waals surface area contributed by atoms with Crippen LogP contribution in [0, 0.1) is 13.8 Å². The molecule has 170 valence electrons. The second-order valence-electron chi connectivity index (χ2n) is 7.41. The molecule has 0 amide bonds. The molecule has 0 unspecified atom stereocenters. The molecular formula is C22H20Br2O8. The van der Waals surface area contributed by atoms with Crippen LogP contribution in [-0.4, -0.2) is 44.3 Å². The van der Waals surface area contributed by atoms with Crippen LogP contribution in [0.15, 0.2) is 33.2 Å². The van der Waals surface area contributed by atoms with Crippen LogP contribution in [0.3, 0.4) is 0 Å². The minimum Gasteiger partial charge on any atom is -0.481 e. The smallest absolute Gasteiger partial charge is 0.336 e. The van der Waals surface area contributed by atoms with Crippen molar-refractivity contribution in [3.8, 4) is 0 Å². The maximum absolute atomic E-state index is 12.9. The van der Waals surface area contributed by atoms with Crippen molar-refractivity contribution in [2.75, 3.05) is 0 Å². The number of carbonyl (C=O) groups is 4. The minimum absolute atomic E-state index is 0.139. The summed E-state index contributed by atoms with van der Waals surface area (Å²) in [6, 6.07) is 5.69. The molecule has 0 aromatic heterocycles. The third kappa shape index (κ3) is 4.86. The minimum atomic E-state index is -2.17. The molecule has 8 nitrogen and oxygen atoms in total. The molecule has 10 heteroatoms. The third-order valence-corrected chi connectivity index (χ3v) is 6.34. The molecule has 0 bridgehead atoms. The predicted octanol–water partition coefficient (Wildman–Crippen LogP) is 4.85. The summed E-state index contributed by atoms with van der Waals surface area (Å²) in [5.41, 5.74) is -2.03. The Balaban J connectivity index is 3.10. The van der Waals surface area contributed by atoms with Gasteiger partial charge in [0.25, 0.3) is 0 Å². The predicted molar refractivity (Wildman–Crippen MR) is 122 cm³/mol. The Labute approximate surface area is 200 Å². The number of benzene rings is 2. The fraction of sp³-hybridized carbons (Fsp3) is 0.273. The molecule has 0 saturated carbocycles. The van der Waals surface area contributed by atoms with Crippen LogP contribution < -0.4 is 0 Å². The average molecular weight is 572 g/mol. The molecule has 0 spiro atoms. The Bertz CT molecular complexity index is 1050. The molecule has 32 heavy (non-hydrogen) atoms. The molecule has 0 aliphatic carbocycles. The first-order chi connectivity index (χ1) is 14.8. The molecule has 0 heterocycles. The lowest BCUT2D eigenvalue weighted by molar-refractivity contribution is -0.143. The number of carboxylic acids is 4. The Morgan fingerprint density at radius 3 is 1.50 bits per heavy atom. The molecule has 0 radical (unpaired) electrons. The number of hydrogen-bond acceptors (Lipinski definition) is 4. The fourth-order valence-corrected chi connectivity index (χ4v) is 5.72. The van der Waals surface area contributed by atoms with E-state index in [0.717, 1.165) is 0 Å². The second-order valence-corrected chi connectivity index (χ2v) is 9.12. The van der Waals surface area contributed by atoms with Crippen molar-refractivity contribution in [1.29, 1.82) is 0 Å². The summed E-state index contributed by atoms with van der Waals surface area (Å²) in [6.07, 6.45) is -0.869. The van der Waals surface area contributed by atoms with E-state index in [0.29, 0.717) is 11.1 Å². The molecule has 2 aromatic rings. The number of hydrogen-bond donors (Lipinski definition) is 4. The van der Waals surface area contributed by atoms with Gasteiger partial charge in [-0.3, -0.25) is 9.59 Å². The van der Waals surface area contributed by atoms with E-state index in [1.807, 2.05) is 0 Å². The van der Waals surface area contributed by atoms with Crippen LogP contribution in [0.4, 0.5) is 0 Å². The van der Waals surface area contributed by atoms with Gasteiger partial charge in [0.2, 0.25) is 0 Å². The van der Waals surface area contributed by atoms with Gasteiger partial charge in [0.1, 0.15) is 5.41 Å². The highest BCUT2D eigenvalue weighted by Crippen LogP contribution is 2.47. The van der Waals surface area contributed by atoms with Gasteiger partial charge in [0.05, 0.1) is 11.1 Å². The largest absolute Gasteiger partial charge is 0.481 e. The Morgan fingerprint density at radius 2 is 1.19 bits per heavy atom. The van der Waals surface area contributed by atoms with E-state index in [2.05, 4.69) is 31.9 Å². The van der Waals surface area contributed by atoms with Crippen molar-refractivity contribution in [2.45, 2.75) is 38.5 Å². The highest BCUT2D eigenvalue weighted by Gasteiger charge is 2.49. The van der Waals surface area contributed by atoms with Crippen molar-refractivity contribution in [3.63, 3.8) is 0 Å². The lowest BCUT2D eigenvalue weighted by Crippen LogP contribution is -2.41. The zero-order valence-electron chi connectivity index (χ0n) is 17.1. The van der Waals surface area contributed by atoms with Gasteiger partial charge in [-0.1, -0.05) is 31.9 Å². The van der Waals surface area contributed by atoms with Crippen molar-refractivity contribution < 1.29 is 39.6 Å². The molecule has 2 rings (SSSR count). The molecule has 2 aromatic carbocycles. The summed E-state index contributed by atoms with van der Waals surface area (Å²) < 4.78 is 0.327. The summed E-state index contributed by atoms with van der Waals surface area (Å²) in [7, 11) is 0. The number of aryl methyl sites for hydroxylation is 2. The highest BCUT2D eigenvalue weighted by atomic mass is 79.9. The average Bonchev–Trinajstić information content (AvgIpc) is 2.64. The standard InChI is InChI=1S/C22H20Br2O8/c1-10-6-12(19(27)28)17(14(23)8-10)22(21(31)32,5-3-4-16(25)26)18-13(20(29)30)7-11(2)9-15(18)24/h6-9H,3-5H2,1-2H3,(H,25,26)(H,27,28)(H,29,30)(H,31,32). The van der Waals surface area contributed by atoms with Crippen LogP contribution in [0.2, 0.25) is 0 Å². The maximum atomic E-state index is 12.9. The fourth-order valence-electron chi connectivity index (χ4n) is 3.89. The van der Waals surface area contributed by atoms with Crippen molar-refractivity contribution in [2.24, 2.45) is 0 Å². The SMILES string of the molecule is Cc1cc(Br)c(C(CCCC(=O)O)(C(=O)O)c2c(Br)cc(C)cc2C(=O)O)c(C(=O)O)c1. The lowest BCUT2D eigenvalue weighted by Gasteiger charge is -2.35. The summed E-state index contributed by atoms with van der Waals surface area (Å²) in [5, 5.41) is 39.4. The second kappa shape index (κ2) is 9.83. The molecular weight excluding hydrogens is 552 g/mol. The zero-order valence-corrected chi connectivity index (χ0v) is 20.3. The molecule has 0 fully saturated rings. The van der Waals surface area contributed by atoms with Gasteiger partial charge < -0.3 is 20.4 Å². The summed E-state index contributed by atoms with van der Waals surface area (Å²) in [6.45, 7) is 3.27. The normalized spacial score (nSPS) is 11.2. The van der Waals surface area contributed by atoms with Crippen LogP contribution in [-0.2, 0) is 15.0 Å². The number of aromatic carboxylic acids is 2. The first-order valence-corrected chi connectivity index (χ1v) is 10.9. The van der Waals surface area contributed by atoms with Crippen molar-refractivity contribution >= 4 is 55.7 Å². The van der Waals surface area contributed by atoms with Crippen molar-refractivity contribution in [1.82, 2.24) is 0 Å². The Hall–Kier alpha value is -2.72. The van der Waals surface area contributed by atoms with E-state index < -0.39 is 29.3 Å². The van der Waals surface area contributed by atoms with Crippen LogP contribution in [0.25, 0.3) is 0 Å². The van der Waals surface area contributed by atoms with E-state index in [-0.39, 0.29) is 50.5 Å². The quantitative estimate of drug-likeness (QED) is 0.333. The molecule has 0 atom stereocenters. The van der Waals surface area contributed by atoms with Gasteiger partial charge in [0.15, 0.2) is 0 Å². The molecule has 0 aliphatic rings. The van der Waals surface area contributed by atoms with Gasteiger partial charge in [-0.05, 0) is 62.1 Å². The van der Waals surface area contributed by atoms with E-state index in [1.165, 1.54) is 12.1 Å². The Morgan fingerprint density at radius 1 is 0.781 bits per heavy atom. The monoisotopic (exact) mass is 570 g/mol. The highest BCUT2D eigenvalue weighted by molar-refractivity contribution is 9.10. The number of aliphatic carboxylic acids is 2. The topological polar surface area (TPSA) is 149 Å². The third-order valence-electron chi connectivity index (χ3n) is 5.09. The zero-order chi connectivity index (χ0) is 24.4. The number of carboxylic acid groups (broad SMARTS) is 4. The Kier molecular flexibility index (Phi) is 7.84. The molecule has 0 saturated heterocycles. The van der Waals surface area contributed by atoms with E-state index in [1.54, 1.807) is 26.0 Å². The number of rotatable bonds is 9. The van der Waals surface area contributed by atoms with Gasteiger partial charge in [-0.2, -0.15) is 0 Å². The first-order valence-electron chi connectivity index (χ1n) is 9.36. The van der Waals surface area contributed by atoms with Crippen LogP contribution in [0.1, 0.15) is 62.2 Å². The van der Waals surface area contributed by atoms with E-state index >= 15 is 0 Å². The molecule has 0 aliphatic heterocycles. The van der Waals surface area contributed by atoms with Crippen LogP contribution in [0.5, 0.6) is 0 Å². The van der Waals surface area contributed by atoms with E-state index in [9.17, 15) is 34.5 Å². The van der Waals surface area contributed by atoms with E-state index in [4.69, 9.17) is 5.11 Å². The van der Waals surface area contributed by atoms with Gasteiger partial charge in [0, 0.05) is 26.5 Å². The first kappa shape index (κ1) is 25.5. The maximum Gasteiger partial charge on any atom is 0.336 e. The van der Waals surface area contributed by atoms with Gasteiger partial charge >= 0.3 is 23.9 Å². The van der Waals surface area contributed by atoms with Crippen LogP contribution >= 0.6 is 31.9 Å². The van der Waals surface area contributed by atoms with Gasteiger partial charge in [-0.15, -0.1) is 0 Å². The van der Waals surface area contributed by atoms with Crippen molar-refractivity contribution in [3.05, 3.63) is 66.6 Å². The summed E-state index contributed by atoms with van der Waals surface area (Å²) in [5.74, 6) is -5.45. The lowest BCUT2D eigenvalue weighted by atomic mass is 9.67. The summed E-state index contributed by atoms with van der Waals surface area (Å²) in [4.78, 5) is 48.4. The summed E-state index contributed by atoms with van der Waals surface area (Å²) >= 11 is 6.57. The molecule has 4 N–H and O–H groups in total. The number of halogens is 2.